The van der Waals surface area contributed by atoms with E-state index in [1.807, 2.05) is 18.3 Å². The lowest BCUT2D eigenvalue weighted by Crippen LogP contribution is -2.45. The molecule has 1 aliphatic rings. The van der Waals surface area contributed by atoms with Crippen LogP contribution in [0.15, 0.2) is 36.7 Å². The van der Waals surface area contributed by atoms with Gasteiger partial charge in [-0.25, -0.2) is 4.98 Å². The molecule has 0 radical (unpaired) electrons. The molecule has 1 aliphatic heterocycles. The number of piperazine rings is 1. The van der Waals surface area contributed by atoms with Crippen LogP contribution in [0, 0.1) is 0 Å². The van der Waals surface area contributed by atoms with Gasteiger partial charge in [-0.2, -0.15) is 0 Å². The number of anilines is 1. The number of hydrogen-bond donors (Lipinski definition) is 2. The van der Waals surface area contributed by atoms with Gasteiger partial charge in [0, 0.05) is 52.0 Å². The summed E-state index contributed by atoms with van der Waals surface area (Å²) in [5.74, 6) is 1.26. The van der Waals surface area contributed by atoms with Gasteiger partial charge in [-0.3, -0.25) is 4.98 Å². The molecule has 0 saturated carbocycles. The van der Waals surface area contributed by atoms with Crippen LogP contribution in [0.3, 0.4) is 0 Å². The van der Waals surface area contributed by atoms with Crippen molar-refractivity contribution in [2.75, 3.05) is 38.1 Å². The Hall–Kier alpha value is -3.06. The van der Waals surface area contributed by atoms with E-state index < -0.39 is 0 Å². The predicted octanol–water partition coefficient (Wildman–Crippen LogP) is 2.69. The van der Waals surface area contributed by atoms with Gasteiger partial charge in [0.05, 0.1) is 27.6 Å². The van der Waals surface area contributed by atoms with Crippen molar-refractivity contribution in [3.63, 3.8) is 0 Å². The van der Waals surface area contributed by atoms with E-state index in [4.69, 9.17) is 4.98 Å². The molecule has 7 nitrogen and oxygen atoms in total. The highest BCUT2D eigenvalue weighted by molar-refractivity contribution is 5.97. The van der Waals surface area contributed by atoms with Crippen molar-refractivity contribution in [1.29, 1.82) is 0 Å². The fourth-order valence-corrected chi connectivity index (χ4v) is 4.35. The molecule has 4 heterocycles. The second-order valence-corrected chi connectivity index (χ2v) is 7.90. The first-order chi connectivity index (χ1) is 14.1. The minimum Gasteiger partial charge on any atom is -0.494 e. The van der Waals surface area contributed by atoms with E-state index in [0.29, 0.717) is 0 Å². The first-order valence-electron chi connectivity index (χ1n) is 10.1. The molecule has 4 aromatic rings. The lowest BCUT2D eigenvalue weighted by Gasteiger charge is -2.35. The van der Waals surface area contributed by atoms with E-state index in [-0.39, 0.29) is 5.88 Å². The van der Waals surface area contributed by atoms with Crippen LogP contribution in [0.4, 0.5) is 5.69 Å². The van der Waals surface area contributed by atoms with Gasteiger partial charge in [-0.05, 0) is 31.2 Å². The summed E-state index contributed by atoms with van der Waals surface area (Å²) >= 11 is 0. The molecular weight excluding hydrogens is 364 g/mol. The number of fused-ring (bicyclic) bond motifs is 2. The van der Waals surface area contributed by atoms with Crippen molar-refractivity contribution in [2.24, 2.45) is 7.05 Å². The number of aromatic nitrogens is 4. The average molecular weight is 390 g/mol. The number of nitrogens with one attached hydrogen (secondary N) is 1. The molecule has 150 valence electrons. The number of aromatic hydroxyl groups is 1. The normalized spacial score (nSPS) is 15.6. The molecule has 1 saturated heterocycles. The van der Waals surface area contributed by atoms with Crippen LogP contribution >= 0.6 is 0 Å². The first kappa shape index (κ1) is 18.0. The third-order valence-electron chi connectivity index (χ3n) is 6.06. The minimum atomic E-state index is 0.200. The summed E-state index contributed by atoms with van der Waals surface area (Å²) < 4.78 is 2.17. The van der Waals surface area contributed by atoms with Crippen LogP contribution in [-0.4, -0.2) is 62.8 Å². The molecule has 0 atom stereocenters. The number of rotatable bonds is 4. The summed E-state index contributed by atoms with van der Waals surface area (Å²) in [4.78, 5) is 17.1. The minimum absolute atomic E-state index is 0.200. The predicted molar refractivity (Wildman–Crippen MR) is 116 cm³/mol. The van der Waals surface area contributed by atoms with Crippen molar-refractivity contribution in [1.82, 2.24) is 24.4 Å². The van der Waals surface area contributed by atoms with Crippen LogP contribution in [0.5, 0.6) is 5.88 Å². The molecule has 0 spiro atoms. The number of likely N-dealkylation sites (N-methyl/N-ethyl adjacent to an activating group) is 1. The molecule has 0 bridgehead atoms. The smallest absolute Gasteiger partial charge is 0.200 e. The molecule has 3 aromatic heterocycles. The Bertz CT molecular complexity index is 1170. The van der Waals surface area contributed by atoms with Gasteiger partial charge in [0.2, 0.25) is 0 Å². The van der Waals surface area contributed by atoms with Gasteiger partial charge in [-0.1, -0.05) is 12.1 Å². The number of aromatic amines is 1. The van der Waals surface area contributed by atoms with E-state index in [0.717, 1.165) is 78.0 Å². The number of pyridine rings is 1. The molecule has 1 fully saturated rings. The summed E-state index contributed by atoms with van der Waals surface area (Å²) in [6.07, 6.45) is 5.39. The Balaban J connectivity index is 1.51. The third-order valence-corrected chi connectivity index (χ3v) is 6.06. The number of hydrogen-bond acceptors (Lipinski definition) is 5. The standard InChI is InChI=1S/C22H26N6O/c1-26-9-11-28(12-10-26)21-15(13-23-17-14-24-22(29)20(17)21)7-8-19-25-16-5-3-4-6-18(16)27(19)2/h3-6,13-14,24,29H,7-12H2,1-2H3. The Labute approximate surface area is 169 Å². The Kier molecular flexibility index (Phi) is 4.39. The van der Waals surface area contributed by atoms with E-state index in [9.17, 15) is 5.11 Å². The summed E-state index contributed by atoms with van der Waals surface area (Å²) in [6.45, 7) is 3.91. The number of nitrogens with zero attached hydrogens (tertiary/aromatic N) is 5. The molecule has 29 heavy (non-hydrogen) atoms. The van der Waals surface area contributed by atoms with Gasteiger partial charge in [0.25, 0.3) is 0 Å². The summed E-state index contributed by atoms with van der Waals surface area (Å²) in [5, 5.41) is 11.3. The summed E-state index contributed by atoms with van der Waals surface area (Å²) in [5.41, 5.74) is 5.26. The third kappa shape index (κ3) is 3.11. The van der Waals surface area contributed by atoms with Gasteiger partial charge >= 0.3 is 0 Å². The first-order valence-corrected chi connectivity index (χ1v) is 10.1. The van der Waals surface area contributed by atoms with Gasteiger partial charge < -0.3 is 24.5 Å². The lowest BCUT2D eigenvalue weighted by molar-refractivity contribution is 0.313. The largest absolute Gasteiger partial charge is 0.494 e. The van der Waals surface area contributed by atoms with E-state index in [1.165, 1.54) is 0 Å². The Morgan fingerprint density at radius 3 is 2.62 bits per heavy atom. The maximum atomic E-state index is 10.5. The molecule has 7 heteroatoms. The van der Waals surface area contributed by atoms with Crippen molar-refractivity contribution < 1.29 is 5.11 Å². The van der Waals surface area contributed by atoms with Gasteiger partial charge in [0.15, 0.2) is 5.88 Å². The molecule has 0 aliphatic carbocycles. The zero-order valence-electron chi connectivity index (χ0n) is 16.9. The second kappa shape index (κ2) is 7.08. The topological polar surface area (TPSA) is 73.2 Å². The van der Waals surface area contributed by atoms with E-state index in [2.05, 4.69) is 50.6 Å². The molecule has 2 N–H and O–H groups in total. The zero-order chi connectivity index (χ0) is 20.0. The number of H-pyrrole nitrogens is 1. The average Bonchev–Trinajstić information content (AvgIpc) is 3.27. The summed E-state index contributed by atoms with van der Waals surface area (Å²) in [7, 11) is 4.23. The highest BCUT2D eigenvalue weighted by atomic mass is 16.3. The monoisotopic (exact) mass is 390 g/mol. The highest BCUT2D eigenvalue weighted by Crippen LogP contribution is 2.36. The maximum Gasteiger partial charge on any atom is 0.200 e. The van der Waals surface area contributed by atoms with Crippen LogP contribution in [0.1, 0.15) is 11.4 Å². The number of imidazole rings is 1. The van der Waals surface area contributed by atoms with Crippen molar-refractivity contribution in [2.45, 2.75) is 12.8 Å². The van der Waals surface area contributed by atoms with Crippen molar-refractivity contribution in [3.05, 3.63) is 48.0 Å². The number of benzene rings is 1. The molecule has 1 aromatic carbocycles. The SMILES string of the molecule is CN1CCN(c2c(CCc3nc4ccccc4n3C)cnc3c[nH]c(O)c23)CC1. The van der Waals surface area contributed by atoms with Crippen LogP contribution in [-0.2, 0) is 19.9 Å². The Morgan fingerprint density at radius 1 is 1.03 bits per heavy atom. The zero-order valence-corrected chi connectivity index (χ0v) is 16.9. The lowest BCUT2D eigenvalue weighted by atomic mass is 10.0. The molecule has 0 amide bonds. The quantitative estimate of drug-likeness (QED) is 0.561. The Morgan fingerprint density at radius 2 is 1.83 bits per heavy atom. The summed E-state index contributed by atoms with van der Waals surface area (Å²) in [6, 6.07) is 8.23. The maximum absolute atomic E-state index is 10.5. The molecule has 0 unspecified atom stereocenters. The number of para-hydroxylation sites is 2. The van der Waals surface area contributed by atoms with Gasteiger partial charge in [0.1, 0.15) is 5.82 Å². The van der Waals surface area contributed by atoms with Crippen LogP contribution in [0.25, 0.3) is 21.9 Å². The molecular formula is C22H26N6O. The fourth-order valence-electron chi connectivity index (χ4n) is 4.35. The van der Waals surface area contributed by atoms with Crippen LogP contribution in [0.2, 0.25) is 0 Å². The fraction of sp³-hybridized carbons (Fsp3) is 0.364. The van der Waals surface area contributed by atoms with Gasteiger partial charge in [-0.15, -0.1) is 0 Å². The van der Waals surface area contributed by atoms with Crippen molar-refractivity contribution in [3.8, 4) is 5.88 Å². The van der Waals surface area contributed by atoms with Crippen LogP contribution < -0.4 is 4.90 Å². The highest BCUT2D eigenvalue weighted by Gasteiger charge is 2.23. The van der Waals surface area contributed by atoms with Crippen molar-refractivity contribution >= 4 is 27.6 Å². The van der Waals surface area contributed by atoms with E-state index >= 15 is 0 Å². The second-order valence-electron chi connectivity index (χ2n) is 7.90. The number of aryl methyl sites for hydroxylation is 3. The molecule has 5 rings (SSSR count). The van der Waals surface area contributed by atoms with E-state index in [1.54, 1.807) is 6.20 Å².